The van der Waals surface area contributed by atoms with E-state index >= 15 is 0 Å². The quantitative estimate of drug-likeness (QED) is 0.0728. The summed E-state index contributed by atoms with van der Waals surface area (Å²) < 4.78 is 11.1. The van der Waals surface area contributed by atoms with E-state index in [1.807, 2.05) is 0 Å². The summed E-state index contributed by atoms with van der Waals surface area (Å²) in [5.41, 5.74) is 0. The first-order valence-electron chi connectivity index (χ1n) is 17.2. The van der Waals surface area contributed by atoms with Crippen molar-refractivity contribution in [3.8, 4) is 0 Å². The van der Waals surface area contributed by atoms with Crippen molar-refractivity contribution in [3.63, 3.8) is 0 Å². The van der Waals surface area contributed by atoms with Crippen LogP contribution in [-0.4, -0.2) is 87.5 Å². The lowest BCUT2D eigenvalue weighted by Crippen LogP contribution is -2.60. The van der Waals surface area contributed by atoms with E-state index in [1.165, 1.54) is 83.5 Å². The van der Waals surface area contributed by atoms with E-state index in [2.05, 4.69) is 19.2 Å². The van der Waals surface area contributed by atoms with Gasteiger partial charge in [0.05, 0.1) is 25.4 Å². The molecule has 0 aromatic carbocycles. The molecular formula is C33H65NO8. The van der Waals surface area contributed by atoms with Gasteiger partial charge in [0.2, 0.25) is 5.91 Å². The molecule has 7 atom stereocenters. The van der Waals surface area contributed by atoms with Crippen molar-refractivity contribution >= 4 is 5.91 Å². The minimum Gasteiger partial charge on any atom is -0.394 e. The molecule has 1 aliphatic heterocycles. The molecule has 9 nitrogen and oxygen atoms in total. The molecule has 250 valence electrons. The fourth-order valence-electron chi connectivity index (χ4n) is 5.57. The summed E-state index contributed by atoms with van der Waals surface area (Å²) in [6, 6.07) is -0.706. The van der Waals surface area contributed by atoms with Crippen LogP contribution in [0.4, 0.5) is 0 Å². The van der Waals surface area contributed by atoms with Crippen LogP contribution in [0.2, 0.25) is 0 Å². The van der Waals surface area contributed by atoms with Gasteiger partial charge in [-0.05, 0) is 12.8 Å². The Labute approximate surface area is 255 Å². The Morgan fingerprint density at radius 1 is 0.714 bits per heavy atom. The number of ether oxygens (including phenoxy) is 2. The molecule has 2 unspecified atom stereocenters. The Bertz CT molecular complexity index is 637. The maximum atomic E-state index is 12.8. The monoisotopic (exact) mass is 603 g/mol. The molecule has 0 saturated carbocycles. The van der Waals surface area contributed by atoms with Gasteiger partial charge in [-0.3, -0.25) is 4.79 Å². The normalized spacial score (nSPS) is 24.0. The summed E-state index contributed by atoms with van der Waals surface area (Å²) in [5.74, 6) is -0.150. The van der Waals surface area contributed by atoms with E-state index in [0.717, 1.165) is 38.5 Å². The molecule has 9 heteroatoms. The largest absolute Gasteiger partial charge is 0.394 e. The van der Waals surface area contributed by atoms with Crippen molar-refractivity contribution in [2.24, 2.45) is 0 Å². The van der Waals surface area contributed by atoms with Crippen LogP contribution in [0.15, 0.2) is 0 Å². The Morgan fingerprint density at radius 2 is 1.19 bits per heavy atom. The summed E-state index contributed by atoms with van der Waals surface area (Å²) in [4.78, 5) is 12.8. The van der Waals surface area contributed by atoms with Crippen molar-refractivity contribution in [2.45, 2.75) is 192 Å². The summed E-state index contributed by atoms with van der Waals surface area (Å²) in [6.45, 7) is 3.76. The smallest absolute Gasteiger partial charge is 0.220 e. The first-order valence-corrected chi connectivity index (χ1v) is 17.2. The number of aliphatic hydroxyl groups is 5. The zero-order valence-corrected chi connectivity index (χ0v) is 26.8. The molecule has 1 aliphatic rings. The number of aliphatic hydroxyl groups excluding tert-OH is 5. The Morgan fingerprint density at radius 3 is 1.69 bits per heavy atom. The van der Waals surface area contributed by atoms with Crippen molar-refractivity contribution in [3.05, 3.63) is 0 Å². The fraction of sp³-hybridized carbons (Fsp3) is 0.970. The van der Waals surface area contributed by atoms with Gasteiger partial charge in [0.25, 0.3) is 0 Å². The van der Waals surface area contributed by atoms with Crippen molar-refractivity contribution in [1.29, 1.82) is 0 Å². The van der Waals surface area contributed by atoms with Gasteiger partial charge in [-0.1, -0.05) is 129 Å². The number of rotatable bonds is 27. The second-order valence-electron chi connectivity index (χ2n) is 12.3. The van der Waals surface area contributed by atoms with Crippen LogP contribution in [0.25, 0.3) is 0 Å². The number of carbonyl (C=O) groups is 1. The van der Waals surface area contributed by atoms with Gasteiger partial charge in [0, 0.05) is 6.42 Å². The van der Waals surface area contributed by atoms with Gasteiger partial charge < -0.3 is 40.3 Å². The highest BCUT2D eigenvalue weighted by Gasteiger charge is 2.44. The summed E-state index contributed by atoms with van der Waals surface area (Å²) in [6.07, 6.45) is 15.5. The molecule has 1 fully saturated rings. The van der Waals surface area contributed by atoms with Crippen LogP contribution in [0.3, 0.4) is 0 Å². The molecule has 1 saturated heterocycles. The topological polar surface area (TPSA) is 149 Å². The van der Waals surface area contributed by atoms with Crippen molar-refractivity contribution in [2.75, 3.05) is 13.2 Å². The molecule has 6 N–H and O–H groups in total. The highest BCUT2D eigenvalue weighted by atomic mass is 16.7. The maximum absolute atomic E-state index is 12.8. The molecule has 0 bridgehead atoms. The molecule has 0 spiro atoms. The van der Waals surface area contributed by atoms with E-state index < -0.39 is 49.5 Å². The maximum Gasteiger partial charge on any atom is 0.220 e. The molecule has 1 rings (SSSR count). The van der Waals surface area contributed by atoms with Crippen LogP contribution in [0, 0.1) is 0 Å². The second kappa shape index (κ2) is 25.5. The van der Waals surface area contributed by atoms with E-state index in [9.17, 15) is 30.3 Å². The number of carbonyl (C=O) groups excluding carboxylic acids is 1. The fourth-order valence-corrected chi connectivity index (χ4v) is 5.57. The molecule has 0 aromatic heterocycles. The van der Waals surface area contributed by atoms with Gasteiger partial charge >= 0.3 is 0 Å². The summed E-state index contributed by atoms with van der Waals surface area (Å²) >= 11 is 0. The van der Waals surface area contributed by atoms with Gasteiger partial charge in [0.15, 0.2) is 6.29 Å². The number of unbranched alkanes of at least 4 members (excludes halogenated alkanes) is 17. The third kappa shape index (κ3) is 17.5. The highest BCUT2D eigenvalue weighted by Crippen LogP contribution is 2.23. The second-order valence-corrected chi connectivity index (χ2v) is 12.3. The number of hydrogen-bond acceptors (Lipinski definition) is 8. The first-order chi connectivity index (χ1) is 20.3. The molecule has 0 radical (unpaired) electrons. The van der Waals surface area contributed by atoms with E-state index in [1.54, 1.807) is 0 Å². The van der Waals surface area contributed by atoms with Gasteiger partial charge in [0.1, 0.15) is 24.4 Å². The van der Waals surface area contributed by atoms with Crippen molar-refractivity contribution in [1.82, 2.24) is 5.32 Å². The highest BCUT2D eigenvalue weighted by molar-refractivity contribution is 5.76. The molecular weight excluding hydrogens is 538 g/mol. The Kier molecular flexibility index (Phi) is 23.8. The summed E-state index contributed by atoms with van der Waals surface area (Å²) in [5, 5.41) is 53.7. The predicted octanol–water partition coefficient (Wildman–Crippen LogP) is 4.88. The Balaban J connectivity index is 2.49. The minimum absolute atomic E-state index is 0.134. The van der Waals surface area contributed by atoms with E-state index in [0.29, 0.717) is 12.8 Å². The average molecular weight is 604 g/mol. The Hall–Kier alpha value is -0.810. The van der Waals surface area contributed by atoms with Crippen LogP contribution in [-0.2, 0) is 14.3 Å². The lowest BCUT2D eigenvalue weighted by Gasteiger charge is -2.40. The zero-order chi connectivity index (χ0) is 31.0. The number of amides is 1. The van der Waals surface area contributed by atoms with E-state index in [-0.39, 0.29) is 12.5 Å². The van der Waals surface area contributed by atoms with Gasteiger partial charge in [-0.15, -0.1) is 0 Å². The van der Waals surface area contributed by atoms with E-state index in [4.69, 9.17) is 9.47 Å². The molecule has 0 aliphatic carbocycles. The number of hydrogen-bond donors (Lipinski definition) is 6. The lowest BCUT2D eigenvalue weighted by molar-refractivity contribution is -0.302. The van der Waals surface area contributed by atoms with Crippen LogP contribution >= 0.6 is 0 Å². The summed E-state index contributed by atoms with van der Waals surface area (Å²) in [7, 11) is 0. The lowest BCUT2D eigenvalue weighted by atomic mass is 9.99. The molecule has 0 aromatic rings. The third-order valence-electron chi connectivity index (χ3n) is 8.46. The zero-order valence-electron chi connectivity index (χ0n) is 26.8. The molecule has 42 heavy (non-hydrogen) atoms. The van der Waals surface area contributed by atoms with Gasteiger partial charge in [-0.2, -0.15) is 0 Å². The third-order valence-corrected chi connectivity index (χ3v) is 8.46. The average Bonchev–Trinajstić information content (AvgIpc) is 2.98. The van der Waals surface area contributed by atoms with Crippen LogP contribution < -0.4 is 5.32 Å². The number of nitrogens with one attached hydrogen (secondary N) is 1. The predicted molar refractivity (Wildman–Crippen MR) is 166 cm³/mol. The van der Waals surface area contributed by atoms with Crippen molar-refractivity contribution < 1.29 is 39.8 Å². The minimum atomic E-state index is -1.54. The SMILES string of the molecule is CCCCCCCCCCCC[C@@H](O)[C@H](CO[C@@H]1O[C@H](CO)[C@H](O)C(O)C1O)NC(=O)CCCCCCCCCCC. The van der Waals surface area contributed by atoms with Crippen LogP contribution in [0.1, 0.15) is 149 Å². The molecule has 1 amide bonds. The first kappa shape index (κ1) is 39.2. The van der Waals surface area contributed by atoms with Gasteiger partial charge in [-0.25, -0.2) is 0 Å². The molecule has 1 heterocycles. The van der Waals surface area contributed by atoms with Crippen LogP contribution in [0.5, 0.6) is 0 Å². The standard InChI is InChI=1S/C33H65NO8/c1-3-5-7-9-11-13-15-16-18-20-22-27(36)26(25-41-33-32(40)31(39)30(38)28(24-35)42-33)34-29(37)23-21-19-17-14-12-10-8-6-4-2/h26-28,30-33,35-36,38-40H,3-25H2,1-2H3,(H,34,37)/t26-,27+,28+,30-,31?,32?,33+/m0/s1.